The van der Waals surface area contributed by atoms with Gasteiger partial charge in [-0.25, -0.2) is 9.18 Å². The van der Waals surface area contributed by atoms with Gasteiger partial charge in [-0.1, -0.05) is 26.8 Å². The van der Waals surface area contributed by atoms with E-state index >= 15 is 0 Å². The van der Waals surface area contributed by atoms with Gasteiger partial charge in [-0.15, -0.1) is 0 Å². The topological polar surface area (TPSA) is 63.6 Å². The van der Waals surface area contributed by atoms with Crippen molar-refractivity contribution < 1.29 is 23.8 Å². The van der Waals surface area contributed by atoms with E-state index in [0.29, 0.717) is 12.0 Å². The number of carbonyl (C=O) groups is 2. The Morgan fingerprint density at radius 3 is 2.45 bits per heavy atom. The van der Waals surface area contributed by atoms with Crippen LogP contribution in [0.5, 0.6) is 5.75 Å². The molecule has 1 N–H and O–H groups in total. The number of halogens is 1. The third-order valence-corrected chi connectivity index (χ3v) is 3.70. The molecule has 0 aliphatic carbocycles. The summed E-state index contributed by atoms with van der Waals surface area (Å²) in [5.41, 5.74) is -0.0669. The zero-order valence-corrected chi connectivity index (χ0v) is 12.1. The highest BCUT2D eigenvalue weighted by molar-refractivity contribution is 6.33. The van der Waals surface area contributed by atoms with Crippen molar-refractivity contribution in [1.82, 2.24) is 0 Å². The Hall–Kier alpha value is -1.91. The van der Waals surface area contributed by atoms with Crippen LogP contribution in [0.15, 0.2) is 18.2 Å². The normalized spacial score (nSPS) is 12.8. The summed E-state index contributed by atoms with van der Waals surface area (Å²) in [4.78, 5) is 22.7. The van der Waals surface area contributed by atoms with Gasteiger partial charge in [0.2, 0.25) is 5.78 Å². The number of carboxylic acid groups (broad SMARTS) is 1. The third-order valence-electron chi connectivity index (χ3n) is 3.70. The lowest BCUT2D eigenvalue weighted by Gasteiger charge is -2.32. The third kappa shape index (κ3) is 2.98. The first-order valence-corrected chi connectivity index (χ1v) is 6.36. The molecule has 0 fully saturated rings. The molecule has 1 atom stereocenters. The van der Waals surface area contributed by atoms with Gasteiger partial charge >= 0.3 is 5.97 Å². The Morgan fingerprint density at radius 1 is 1.40 bits per heavy atom. The van der Waals surface area contributed by atoms with E-state index < -0.39 is 28.9 Å². The smallest absolute Gasteiger partial charge is 0.372 e. The lowest BCUT2D eigenvalue weighted by Crippen LogP contribution is -2.38. The first-order chi connectivity index (χ1) is 9.25. The van der Waals surface area contributed by atoms with Crippen LogP contribution in [0.2, 0.25) is 0 Å². The van der Waals surface area contributed by atoms with Gasteiger partial charge in [-0.3, -0.25) is 4.79 Å². The maximum Gasteiger partial charge on any atom is 0.372 e. The van der Waals surface area contributed by atoms with E-state index in [-0.39, 0.29) is 5.75 Å². The van der Waals surface area contributed by atoms with E-state index in [2.05, 4.69) is 0 Å². The zero-order chi connectivity index (χ0) is 15.5. The van der Waals surface area contributed by atoms with Crippen molar-refractivity contribution in [3.63, 3.8) is 0 Å². The second-order valence-electron chi connectivity index (χ2n) is 5.20. The van der Waals surface area contributed by atoms with Crippen molar-refractivity contribution in [3.8, 4) is 5.75 Å². The van der Waals surface area contributed by atoms with Crippen molar-refractivity contribution in [1.29, 1.82) is 0 Å². The number of carboxylic acids is 1. The molecular weight excluding hydrogens is 263 g/mol. The van der Waals surface area contributed by atoms with Gasteiger partial charge < -0.3 is 9.84 Å². The summed E-state index contributed by atoms with van der Waals surface area (Å²) in [5, 5.41) is 8.90. The highest BCUT2D eigenvalue weighted by Crippen LogP contribution is 2.36. The average molecular weight is 282 g/mol. The standard InChI is InChI=1S/C15H19FO4/c1-5-10(13(17)14(18)19)15(2,3)9-6-7-11(16)12(8-9)20-4/h6-8,10H,5H2,1-4H3,(H,18,19). The number of Topliss-reactive ketones (excluding diaryl/α,β-unsaturated/α-hetero) is 1. The van der Waals surface area contributed by atoms with Crippen LogP contribution >= 0.6 is 0 Å². The molecule has 0 aliphatic heterocycles. The molecule has 0 bridgehead atoms. The summed E-state index contributed by atoms with van der Waals surface area (Å²) in [5.74, 6) is -3.38. The molecule has 0 amide bonds. The predicted octanol–water partition coefficient (Wildman–Crippen LogP) is 2.79. The van der Waals surface area contributed by atoms with Gasteiger partial charge in [0.05, 0.1) is 7.11 Å². The molecule has 5 heteroatoms. The van der Waals surface area contributed by atoms with Gasteiger partial charge in [-0.05, 0) is 24.1 Å². The van der Waals surface area contributed by atoms with Gasteiger partial charge in [0.15, 0.2) is 11.6 Å². The minimum atomic E-state index is -1.45. The van der Waals surface area contributed by atoms with Crippen molar-refractivity contribution in [3.05, 3.63) is 29.6 Å². The summed E-state index contributed by atoms with van der Waals surface area (Å²) in [6, 6.07) is 4.32. The maximum absolute atomic E-state index is 13.4. The number of rotatable bonds is 6. The fourth-order valence-electron chi connectivity index (χ4n) is 2.43. The van der Waals surface area contributed by atoms with Crippen LogP contribution < -0.4 is 4.74 Å². The molecule has 0 heterocycles. The van der Waals surface area contributed by atoms with E-state index in [1.807, 2.05) is 0 Å². The fourth-order valence-corrected chi connectivity index (χ4v) is 2.43. The van der Waals surface area contributed by atoms with Gasteiger partial charge in [-0.2, -0.15) is 0 Å². The molecule has 0 saturated carbocycles. The Kier molecular flexibility index (Phi) is 4.87. The maximum atomic E-state index is 13.4. The highest BCUT2D eigenvalue weighted by atomic mass is 19.1. The summed E-state index contributed by atoms with van der Waals surface area (Å²) < 4.78 is 18.4. The van der Waals surface area contributed by atoms with Crippen LogP contribution in [0.25, 0.3) is 0 Å². The molecule has 110 valence electrons. The van der Waals surface area contributed by atoms with Crippen LogP contribution in [-0.4, -0.2) is 24.0 Å². The largest absolute Gasteiger partial charge is 0.494 e. The number of benzene rings is 1. The second kappa shape index (κ2) is 6.03. The van der Waals surface area contributed by atoms with Crippen LogP contribution in [0.3, 0.4) is 0 Å². The van der Waals surface area contributed by atoms with E-state index in [9.17, 15) is 14.0 Å². The minimum absolute atomic E-state index is 0.0770. The Balaban J connectivity index is 3.26. The van der Waals surface area contributed by atoms with Crippen LogP contribution in [0.4, 0.5) is 4.39 Å². The molecule has 4 nitrogen and oxygen atoms in total. The summed E-state index contributed by atoms with van der Waals surface area (Å²) >= 11 is 0. The quantitative estimate of drug-likeness (QED) is 0.815. The fraction of sp³-hybridized carbons (Fsp3) is 0.467. The Morgan fingerprint density at radius 2 is 2.00 bits per heavy atom. The number of ether oxygens (including phenoxy) is 1. The lowest BCUT2D eigenvalue weighted by molar-refractivity contribution is -0.152. The first-order valence-electron chi connectivity index (χ1n) is 6.36. The van der Waals surface area contributed by atoms with E-state index in [1.165, 1.54) is 19.2 Å². The molecule has 20 heavy (non-hydrogen) atoms. The molecule has 0 radical (unpaired) electrons. The van der Waals surface area contributed by atoms with Crippen LogP contribution in [0, 0.1) is 11.7 Å². The van der Waals surface area contributed by atoms with Crippen molar-refractivity contribution in [2.75, 3.05) is 7.11 Å². The zero-order valence-electron chi connectivity index (χ0n) is 12.1. The second-order valence-corrected chi connectivity index (χ2v) is 5.20. The molecule has 1 unspecified atom stereocenters. The number of hydrogen-bond acceptors (Lipinski definition) is 3. The van der Waals surface area contributed by atoms with Gasteiger partial charge in [0.1, 0.15) is 0 Å². The molecule has 1 rings (SSSR count). The number of ketones is 1. The Labute approximate surface area is 117 Å². The van der Waals surface area contributed by atoms with Crippen LogP contribution in [-0.2, 0) is 15.0 Å². The monoisotopic (exact) mass is 282 g/mol. The molecule has 0 aromatic heterocycles. The highest BCUT2D eigenvalue weighted by Gasteiger charge is 2.38. The van der Waals surface area contributed by atoms with Gasteiger partial charge in [0, 0.05) is 11.3 Å². The van der Waals surface area contributed by atoms with Crippen molar-refractivity contribution >= 4 is 11.8 Å². The average Bonchev–Trinajstić information content (AvgIpc) is 2.39. The summed E-state index contributed by atoms with van der Waals surface area (Å²) in [6.07, 6.45) is 0.387. The predicted molar refractivity (Wildman–Crippen MR) is 72.4 cm³/mol. The molecule has 0 saturated heterocycles. The van der Waals surface area contributed by atoms with Crippen molar-refractivity contribution in [2.24, 2.45) is 5.92 Å². The number of carbonyl (C=O) groups excluding carboxylic acids is 1. The first kappa shape index (κ1) is 16.1. The molecular formula is C15H19FO4. The molecule has 0 aliphatic rings. The van der Waals surface area contributed by atoms with E-state index in [0.717, 1.165) is 0 Å². The van der Waals surface area contributed by atoms with Gasteiger partial charge in [0.25, 0.3) is 0 Å². The van der Waals surface area contributed by atoms with Crippen molar-refractivity contribution in [2.45, 2.75) is 32.6 Å². The summed E-state index contributed by atoms with van der Waals surface area (Å²) in [6.45, 7) is 5.30. The molecule has 1 aromatic carbocycles. The SMILES string of the molecule is CCC(C(=O)C(=O)O)C(C)(C)c1ccc(F)c(OC)c1. The Bertz CT molecular complexity index is 523. The van der Waals surface area contributed by atoms with E-state index in [1.54, 1.807) is 26.8 Å². The molecule has 1 aromatic rings. The molecule has 0 spiro atoms. The number of methoxy groups -OCH3 is 1. The number of hydrogen-bond donors (Lipinski definition) is 1. The minimum Gasteiger partial charge on any atom is -0.494 e. The van der Waals surface area contributed by atoms with Crippen LogP contribution in [0.1, 0.15) is 32.8 Å². The number of aliphatic carboxylic acids is 1. The van der Waals surface area contributed by atoms with E-state index in [4.69, 9.17) is 9.84 Å². The summed E-state index contributed by atoms with van der Waals surface area (Å²) in [7, 11) is 1.36. The lowest BCUT2D eigenvalue weighted by atomic mass is 9.70.